The van der Waals surface area contributed by atoms with Crippen LogP contribution in [0.5, 0.6) is 0 Å². The average molecular weight is 313 g/mol. The summed E-state index contributed by atoms with van der Waals surface area (Å²) >= 11 is 3.26. The summed E-state index contributed by atoms with van der Waals surface area (Å²) in [6.45, 7) is 0.897. The summed E-state index contributed by atoms with van der Waals surface area (Å²) in [7, 11) is 1.34. The first-order chi connectivity index (χ1) is 8.60. The number of amides is 1. The topological polar surface area (TPSA) is 59.5 Å². The monoisotopic (exact) mass is 312 g/mol. The molecule has 0 spiro atoms. The molecule has 18 heavy (non-hydrogen) atoms. The molecule has 1 amide bonds. The van der Waals surface area contributed by atoms with E-state index in [0.717, 1.165) is 10.2 Å². The van der Waals surface area contributed by atoms with Crippen LogP contribution in [0.3, 0.4) is 0 Å². The van der Waals surface area contributed by atoms with Gasteiger partial charge in [-0.2, -0.15) is 0 Å². The zero-order valence-electron chi connectivity index (χ0n) is 9.93. The van der Waals surface area contributed by atoms with E-state index in [1.165, 1.54) is 7.11 Å². The summed E-state index contributed by atoms with van der Waals surface area (Å²) in [4.78, 5) is 28.9. The first-order valence-corrected chi connectivity index (χ1v) is 6.35. The zero-order chi connectivity index (χ0) is 13.1. The Hall–Kier alpha value is -1.43. The summed E-state index contributed by atoms with van der Waals surface area (Å²) < 4.78 is 5.42. The SMILES string of the molecule is COC(=O)C1CC(=O)N(Cc2ccc(Br)nc2)C1. The summed E-state index contributed by atoms with van der Waals surface area (Å²) in [5.41, 5.74) is 0.942. The second kappa shape index (κ2) is 5.48. The predicted octanol–water partition coefficient (Wildman–Crippen LogP) is 1.37. The van der Waals surface area contributed by atoms with Crippen molar-refractivity contribution in [1.29, 1.82) is 0 Å². The smallest absolute Gasteiger partial charge is 0.310 e. The number of carbonyl (C=O) groups excluding carboxylic acids is 2. The van der Waals surface area contributed by atoms with E-state index >= 15 is 0 Å². The van der Waals surface area contributed by atoms with Crippen LogP contribution >= 0.6 is 15.9 Å². The number of nitrogens with zero attached hydrogens (tertiary/aromatic N) is 2. The highest BCUT2D eigenvalue weighted by molar-refractivity contribution is 9.10. The van der Waals surface area contributed by atoms with Crippen LogP contribution in [0.15, 0.2) is 22.9 Å². The van der Waals surface area contributed by atoms with E-state index in [9.17, 15) is 9.59 Å². The van der Waals surface area contributed by atoms with Crippen molar-refractivity contribution >= 4 is 27.8 Å². The van der Waals surface area contributed by atoms with Gasteiger partial charge in [0, 0.05) is 25.7 Å². The third kappa shape index (κ3) is 2.87. The molecule has 0 radical (unpaired) electrons. The van der Waals surface area contributed by atoms with E-state index < -0.39 is 0 Å². The molecule has 0 N–H and O–H groups in total. The fourth-order valence-corrected chi connectivity index (χ4v) is 2.20. The molecule has 0 aliphatic carbocycles. The number of carbonyl (C=O) groups is 2. The summed E-state index contributed by atoms with van der Waals surface area (Å²) in [5, 5.41) is 0. The highest BCUT2D eigenvalue weighted by atomic mass is 79.9. The molecule has 2 rings (SSSR count). The molecular formula is C12H13BrN2O3. The van der Waals surface area contributed by atoms with Crippen LogP contribution in [0.4, 0.5) is 0 Å². The Kier molecular flexibility index (Phi) is 3.96. The molecule has 0 bridgehead atoms. The number of aromatic nitrogens is 1. The maximum Gasteiger partial charge on any atom is 0.310 e. The molecule has 1 aliphatic rings. The average Bonchev–Trinajstić information content (AvgIpc) is 2.73. The maximum atomic E-state index is 11.8. The number of hydrogen-bond donors (Lipinski definition) is 0. The van der Waals surface area contributed by atoms with Crippen LogP contribution in [0.1, 0.15) is 12.0 Å². The number of pyridine rings is 1. The number of methoxy groups -OCH3 is 1. The summed E-state index contributed by atoms with van der Waals surface area (Å²) in [6, 6.07) is 3.73. The Morgan fingerprint density at radius 2 is 2.39 bits per heavy atom. The van der Waals surface area contributed by atoms with Gasteiger partial charge in [0.1, 0.15) is 4.60 Å². The standard InChI is InChI=1S/C12H13BrN2O3/c1-18-12(17)9-4-11(16)15(7-9)6-8-2-3-10(13)14-5-8/h2-3,5,9H,4,6-7H2,1H3. The highest BCUT2D eigenvalue weighted by Crippen LogP contribution is 2.21. The number of esters is 1. The van der Waals surface area contributed by atoms with Gasteiger partial charge in [0.15, 0.2) is 0 Å². The number of halogens is 1. The molecule has 1 aromatic rings. The molecule has 1 aromatic heterocycles. The van der Waals surface area contributed by atoms with Crippen LogP contribution in [0, 0.1) is 5.92 Å². The fraction of sp³-hybridized carbons (Fsp3) is 0.417. The third-order valence-electron chi connectivity index (χ3n) is 2.91. The van der Waals surface area contributed by atoms with E-state index in [1.807, 2.05) is 12.1 Å². The largest absolute Gasteiger partial charge is 0.469 e. The van der Waals surface area contributed by atoms with E-state index in [2.05, 4.69) is 25.7 Å². The Bertz CT molecular complexity index is 461. The molecule has 1 fully saturated rings. The van der Waals surface area contributed by atoms with Crippen molar-refractivity contribution in [2.75, 3.05) is 13.7 Å². The van der Waals surface area contributed by atoms with Gasteiger partial charge in [-0.05, 0) is 27.6 Å². The molecule has 1 aliphatic heterocycles. The van der Waals surface area contributed by atoms with Crippen LogP contribution < -0.4 is 0 Å². The number of ether oxygens (including phenoxy) is 1. The third-order valence-corrected chi connectivity index (χ3v) is 3.38. The van der Waals surface area contributed by atoms with Gasteiger partial charge in [0.05, 0.1) is 13.0 Å². The van der Waals surface area contributed by atoms with Crippen molar-refractivity contribution in [3.63, 3.8) is 0 Å². The first-order valence-electron chi connectivity index (χ1n) is 5.56. The van der Waals surface area contributed by atoms with Crippen molar-refractivity contribution in [2.24, 2.45) is 5.92 Å². The van der Waals surface area contributed by atoms with Crippen molar-refractivity contribution in [3.8, 4) is 0 Å². The number of rotatable bonds is 3. The van der Waals surface area contributed by atoms with Crippen molar-refractivity contribution in [2.45, 2.75) is 13.0 Å². The highest BCUT2D eigenvalue weighted by Gasteiger charge is 2.34. The molecule has 1 saturated heterocycles. The van der Waals surface area contributed by atoms with Crippen LogP contribution in [-0.4, -0.2) is 35.4 Å². The molecule has 5 nitrogen and oxygen atoms in total. The zero-order valence-corrected chi connectivity index (χ0v) is 11.5. The van der Waals surface area contributed by atoms with E-state index in [-0.39, 0.29) is 24.2 Å². The predicted molar refractivity (Wildman–Crippen MR) is 67.5 cm³/mol. The van der Waals surface area contributed by atoms with E-state index in [4.69, 9.17) is 0 Å². The fourth-order valence-electron chi connectivity index (χ4n) is 1.97. The van der Waals surface area contributed by atoms with Crippen LogP contribution in [0.2, 0.25) is 0 Å². The molecule has 2 heterocycles. The van der Waals surface area contributed by atoms with Gasteiger partial charge < -0.3 is 9.64 Å². The Labute approximate surface area is 113 Å². The van der Waals surface area contributed by atoms with E-state index in [0.29, 0.717) is 13.1 Å². The minimum Gasteiger partial charge on any atom is -0.469 e. The molecular weight excluding hydrogens is 300 g/mol. The number of likely N-dealkylation sites (tertiary alicyclic amines) is 1. The lowest BCUT2D eigenvalue weighted by Crippen LogP contribution is -2.26. The van der Waals surface area contributed by atoms with Crippen molar-refractivity contribution in [3.05, 3.63) is 28.5 Å². The molecule has 1 atom stereocenters. The second-order valence-corrected chi connectivity index (χ2v) is 5.00. The summed E-state index contributed by atoms with van der Waals surface area (Å²) in [5.74, 6) is -0.681. The molecule has 0 saturated carbocycles. The quantitative estimate of drug-likeness (QED) is 0.624. The second-order valence-electron chi connectivity index (χ2n) is 4.19. The molecule has 96 valence electrons. The Morgan fingerprint density at radius 3 is 3.00 bits per heavy atom. The van der Waals surface area contributed by atoms with Gasteiger partial charge in [0.2, 0.25) is 5.91 Å². The summed E-state index contributed by atoms with van der Waals surface area (Å²) in [6.07, 6.45) is 1.94. The minimum atomic E-state index is -0.342. The lowest BCUT2D eigenvalue weighted by Gasteiger charge is -2.15. The van der Waals surface area contributed by atoms with Crippen molar-refractivity contribution in [1.82, 2.24) is 9.88 Å². The molecule has 1 unspecified atom stereocenters. The van der Waals surface area contributed by atoms with Gasteiger partial charge in [0.25, 0.3) is 0 Å². The van der Waals surface area contributed by atoms with Gasteiger partial charge in [-0.25, -0.2) is 4.98 Å². The normalized spacial score (nSPS) is 19.1. The van der Waals surface area contributed by atoms with Gasteiger partial charge >= 0.3 is 5.97 Å². The lowest BCUT2D eigenvalue weighted by molar-refractivity contribution is -0.145. The van der Waals surface area contributed by atoms with E-state index in [1.54, 1.807) is 11.1 Å². The van der Waals surface area contributed by atoms with Gasteiger partial charge in [-0.15, -0.1) is 0 Å². The minimum absolute atomic E-state index is 0.0201. The Balaban J connectivity index is 2.00. The molecule has 0 aromatic carbocycles. The van der Waals surface area contributed by atoms with Crippen LogP contribution in [-0.2, 0) is 20.9 Å². The first kappa shape index (κ1) is 13.0. The van der Waals surface area contributed by atoms with Crippen molar-refractivity contribution < 1.29 is 14.3 Å². The lowest BCUT2D eigenvalue weighted by atomic mass is 10.1. The van der Waals surface area contributed by atoms with Gasteiger partial charge in [-0.1, -0.05) is 6.07 Å². The number of hydrogen-bond acceptors (Lipinski definition) is 4. The Morgan fingerprint density at radius 1 is 1.61 bits per heavy atom. The van der Waals surface area contributed by atoms with Crippen LogP contribution in [0.25, 0.3) is 0 Å². The van der Waals surface area contributed by atoms with Gasteiger partial charge in [-0.3, -0.25) is 9.59 Å². The maximum absolute atomic E-state index is 11.8. The molecule has 6 heteroatoms.